The Morgan fingerprint density at radius 1 is 1.29 bits per heavy atom. The molecule has 0 atom stereocenters. The predicted octanol–water partition coefficient (Wildman–Crippen LogP) is 1.60. The van der Waals surface area contributed by atoms with Crippen molar-refractivity contribution in [3.63, 3.8) is 0 Å². The van der Waals surface area contributed by atoms with Gasteiger partial charge in [-0.3, -0.25) is 0 Å². The van der Waals surface area contributed by atoms with E-state index in [9.17, 15) is 8.78 Å². The van der Waals surface area contributed by atoms with E-state index in [2.05, 4.69) is 14.7 Å². The maximum absolute atomic E-state index is 13.2. The molecule has 0 bridgehead atoms. The molecule has 0 saturated carbocycles. The molecule has 1 aromatic heterocycles. The highest BCUT2D eigenvalue weighted by Gasteiger charge is 2.14. The first-order valence-electron chi connectivity index (χ1n) is 3.72. The number of hydrogen-bond acceptors (Lipinski definition) is 4. The second-order valence-electron chi connectivity index (χ2n) is 2.56. The van der Waals surface area contributed by atoms with Gasteiger partial charge in [0.2, 0.25) is 0 Å². The molecule has 0 aliphatic carbocycles. The number of nitrogens with zero attached hydrogens (tertiary/aromatic N) is 2. The Hall–Kier alpha value is -1.98. The fourth-order valence-electron chi connectivity index (χ4n) is 1.01. The predicted molar refractivity (Wildman–Crippen MR) is 44.1 cm³/mol. The highest BCUT2D eigenvalue weighted by molar-refractivity contribution is 5.54. The van der Waals surface area contributed by atoms with Gasteiger partial charge in [-0.25, -0.2) is 8.78 Å². The van der Waals surface area contributed by atoms with E-state index in [1.807, 2.05) is 0 Å². The fourth-order valence-corrected chi connectivity index (χ4v) is 1.01. The van der Waals surface area contributed by atoms with Crippen LogP contribution in [0.15, 0.2) is 22.7 Å². The number of halogens is 2. The first kappa shape index (κ1) is 8.61. The maximum Gasteiger partial charge on any atom is 0.262 e. The number of hydrogen-bond donors (Lipinski definition) is 1. The minimum atomic E-state index is -1.03. The van der Waals surface area contributed by atoms with Crippen LogP contribution in [-0.4, -0.2) is 10.1 Å². The van der Waals surface area contributed by atoms with E-state index >= 15 is 0 Å². The molecule has 72 valence electrons. The van der Waals surface area contributed by atoms with E-state index in [0.717, 1.165) is 6.07 Å². The van der Waals surface area contributed by atoms with Gasteiger partial charge in [-0.15, -0.1) is 0 Å². The molecule has 0 aliphatic heterocycles. The van der Waals surface area contributed by atoms with Crippen LogP contribution in [-0.2, 0) is 0 Å². The topological polar surface area (TPSA) is 64.9 Å². The first-order chi connectivity index (χ1) is 6.68. The SMILES string of the molecule is Nc1noc(-c2cccc(F)c2F)n1. The molecule has 14 heavy (non-hydrogen) atoms. The number of benzene rings is 1. The van der Waals surface area contributed by atoms with Gasteiger partial charge in [0.15, 0.2) is 11.6 Å². The highest BCUT2D eigenvalue weighted by atomic mass is 19.2. The molecule has 0 radical (unpaired) electrons. The monoisotopic (exact) mass is 197 g/mol. The average molecular weight is 197 g/mol. The van der Waals surface area contributed by atoms with Gasteiger partial charge in [-0.1, -0.05) is 6.07 Å². The molecule has 2 rings (SSSR count). The summed E-state index contributed by atoms with van der Waals surface area (Å²) in [6.45, 7) is 0. The molecule has 0 unspecified atom stereocenters. The van der Waals surface area contributed by atoms with E-state index in [1.54, 1.807) is 0 Å². The zero-order valence-electron chi connectivity index (χ0n) is 6.87. The highest BCUT2D eigenvalue weighted by Crippen LogP contribution is 2.22. The van der Waals surface area contributed by atoms with Crippen molar-refractivity contribution >= 4 is 5.95 Å². The summed E-state index contributed by atoms with van der Waals surface area (Å²) >= 11 is 0. The van der Waals surface area contributed by atoms with Crippen LogP contribution in [0.4, 0.5) is 14.7 Å². The molecule has 1 heterocycles. The summed E-state index contributed by atoms with van der Waals surface area (Å²) in [5.41, 5.74) is 5.07. The number of rotatable bonds is 1. The summed E-state index contributed by atoms with van der Waals surface area (Å²) in [5, 5.41) is 3.27. The lowest BCUT2D eigenvalue weighted by molar-refractivity contribution is 0.427. The second-order valence-corrected chi connectivity index (χ2v) is 2.56. The lowest BCUT2D eigenvalue weighted by Crippen LogP contribution is -1.90. The van der Waals surface area contributed by atoms with Crippen LogP contribution in [0.3, 0.4) is 0 Å². The molecule has 0 aliphatic rings. The Labute approximate surface area is 77.3 Å². The smallest absolute Gasteiger partial charge is 0.262 e. The van der Waals surface area contributed by atoms with E-state index in [1.165, 1.54) is 12.1 Å². The average Bonchev–Trinajstić information content (AvgIpc) is 2.57. The minimum absolute atomic E-state index is 0.103. The van der Waals surface area contributed by atoms with Gasteiger partial charge in [0.1, 0.15) is 0 Å². The first-order valence-corrected chi connectivity index (χ1v) is 3.72. The summed E-state index contributed by atoms with van der Waals surface area (Å²) in [5.74, 6) is -2.27. The molecule has 2 N–H and O–H groups in total. The van der Waals surface area contributed by atoms with Crippen LogP contribution in [0.2, 0.25) is 0 Å². The van der Waals surface area contributed by atoms with Gasteiger partial charge >= 0.3 is 0 Å². The van der Waals surface area contributed by atoms with E-state index in [-0.39, 0.29) is 17.4 Å². The van der Waals surface area contributed by atoms with E-state index in [0.29, 0.717) is 0 Å². The van der Waals surface area contributed by atoms with E-state index < -0.39 is 11.6 Å². The largest absolute Gasteiger partial charge is 0.365 e. The summed E-state index contributed by atoms with van der Waals surface area (Å²) in [6.07, 6.45) is 0. The molecule has 2 aromatic rings. The van der Waals surface area contributed by atoms with Gasteiger partial charge in [-0.05, 0) is 17.3 Å². The van der Waals surface area contributed by atoms with Crippen molar-refractivity contribution in [1.29, 1.82) is 0 Å². The number of anilines is 1. The Morgan fingerprint density at radius 2 is 2.07 bits per heavy atom. The lowest BCUT2D eigenvalue weighted by atomic mass is 10.2. The van der Waals surface area contributed by atoms with Crippen LogP contribution < -0.4 is 5.73 Å². The third-order valence-corrected chi connectivity index (χ3v) is 1.62. The molecule has 0 spiro atoms. The normalized spacial score (nSPS) is 10.4. The van der Waals surface area contributed by atoms with Crippen LogP contribution in [0.5, 0.6) is 0 Å². The molecule has 0 amide bonds. The van der Waals surface area contributed by atoms with Gasteiger partial charge < -0.3 is 10.3 Å². The molecule has 6 heteroatoms. The van der Waals surface area contributed by atoms with Crippen LogP contribution >= 0.6 is 0 Å². The summed E-state index contributed by atoms with van der Waals surface area (Å²) in [6, 6.07) is 3.66. The van der Waals surface area contributed by atoms with Crippen LogP contribution in [0.25, 0.3) is 11.5 Å². The number of aromatic nitrogens is 2. The molecule has 1 aromatic carbocycles. The number of nitrogen functional groups attached to an aromatic ring is 1. The molecular weight excluding hydrogens is 192 g/mol. The van der Waals surface area contributed by atoms with Crippen molar-refractivity contribution in [2.75, 3.05) is 5.73 Å². The fraction of sp³-hybridized carbons (Fsp3) is 0. The third kappa shape index (κ3) is 1.30. The van der Waals surface area contributed by atoms with Crippen molar-refractivity contribution in [3.8, 4) is 11.5 Å². The molecule has 4 nitrogen and oxygen atoms in total. The van der Waals surface area contributed by atoms with Gasteiger partial charge in [0, 0.05) is 0 Å². The summed E-state index contributed by atoms with van der Waals surface area (Å²) in [4.78, 5) is 3.58. The van der Waals surface area contributed by atoms with E-state index in [4.69, 9.17) is 5.73 Å². The van der Waals surface area contributed by atoms with Crippen molar-refractivity contribution < 1.29 is 13.3 Å². The van der Waals surface area contributed by atoms with Crippen molar-refractivity contribution in [1.82, 2.24) is 10.1 Å². The second kappa shape index (κ2) is 3.06. The van der Waals surface area contributed by atoms with Crippen LogP contribution in [0.1, 0.15) is 0 Å². The quantitative estimate of drug-likeness (QED) is 0.753. The zero-order chi connectivity index (χ0) is 10.1. The Bertz CT molecular complexity index is 469. The van der Waals surface area contributed by atoms with Crippen molar-refractivity contribution in [2.24, 2.45) is 0 Å². The molecular formula is C8H5F2N3O. The van der Waals surface area contributed by atoms with Crippen LogP contribution in [0, 0.1) is 11.6 Å². The number of nitrogens with two attached hydrogens (primary N) is 1. The maximum atomic E-state index is 13.2. The van der Waals surface area contributed by atoms with Crippen molar-refractivity contribution in [2.45, 2.75) is 0 Å². The lowest BCUT2D eigenvalue weighted by Gasteiger charge is -1.96. The standard InChI is InChI=1S/C8H5F2N3O/c9-5-3-1-2-4(6(5)10)7-12-8(11)13-14-7/h1-3H,(H2,11,13). The summed E-state index contributed by atoms with van der Waals surface area (Å²) < 4.78 is 30.5. The van der Waals surface area contributed by atoms with Gasteiger partial charge in [-0.2, -0.15) is 4.98 Å². The Balaban J connectivity index is 2.57. The third-order valence-electron chi connectivity index (χ3n) is 1.62. The molecule has 0 fully saturated rings. The Kier molecular flexibility index (Phi) is 1.88. The minimum Gasteiger partial charge on any atom is -0.365 e. The zero-order valence-corrected chi connectivity index (χ0v) is 6.87. The van der Waals surface area contributed by atoms with Gasteiger partial charge in [0.25, 0.3) is 11.8 Å². The Morgan fingerprint density at radius 3 is 2.71 bits per heavy atom. The molecule has 0 saturated heterocycles. The summed E-state index contributed by atoms with van der Waals surface area (Å²) in [7, 11) is 0. The van der Waals surface area contributed by atoms with Gasteiger partial charge in [0.05, 0.1) is 5.56 Å². The van der Waals surface area contributed by atoms with Crippen molar-refractivity contribution in [3.05, 3.63) is 29.8 Å².